The van der Waals surface area contributed by atoms with E-state index in [0.717, 1.165) is 22.9 Å². The van der Waals surface area contributed by atoms with Crippen molar-refractivity contribution >= 4 is 0 Å². The summed E-state index contributed by atoms with van der Waals surface area (Å²) in [5, 5.41) is 10.4. The van der Waals surface area contributed by atoms with Crippen LogP contribution in [0.4, 0.5) is 8.78 Å². The molecule has 0 amide bonds. The lowest BCUT2D eigenvalue weighted by atomic mass is 9.97. The second-order valence-corrected chi connectivity index (χ2v) is 7.28. The van der Waals surface area contributed by atoms with Crippen LogP contribution in [-0.2, 0) is 13.1 Å². The van der Waals surface area contributed by atoms with Crippen LogP contribution in [0.3, 0.4) is 0 Å². The van der Waals surface area contributed by atoms with Crippen molar-refractivity contribution in [2.24, 2.45) is 5.92 Å². The summed E-state index contributed by atoms with van der Waals surface area (Å²) in [5.41, 5.74) is 2.16. The van der Waals surface area contributed by atoms with E-state index >= 15 is 0 Å². The molecule has 0 aromatic heterocycles. The summed E-state index contributed by atoms with van der Waals surface area (Å²) in [5.74, 6) is -0.438. The number of aliphatic hydroxyl groups excluding tert-OH is 1. The lowest BCUT2D eigenvalue weighted by Crippen LogP contribution is -2.26. The molecule has 140 valence electrons. The van der Waals surface area contributed by atoms with Crippen LogP contribution < -0.4 is 4.74 Å². The van der Waals surface area contributed by atoms with Gasteiger partial charge in [0.2, 0.25) is 0 Å². The Kier molecular flexibility index (Phi) is 5.89. The van der Waals surface area contributed by atoms with Gasteiger partial charge in [0.05, 0.1) is 6.10 Å². The van der Waals surface area contributed by atoms with Crippen LogP contribution in [0.5, 0.6) is 5.75 Å². The van der Waals surface area contributed by atoms with Gasteiger partial charge in [-0.3, -0.25) is 4.90 Å². The smallest absolute Gasteiger partial charge is 0.163 e. The first-order chi connectivity index (χ1) is 12.4. The lowest BCUT2D eigenvalue weighted by molar-refractivity contribution is 0.151. The molecular weight excluding hydrogens is 336 g/mol. The molecule has 1 atom stereocenters. The number of fused-ring (bicyclic) bond motifs is 1. The molecule has 0 radical (unpaired) electrons. The van der Waals surface area contributed by atoms with Gasteiger partial charge in [-0.1, -0.05) is 32.0 Å². The zero-order chi connectivity index (χ0) is 18.7. The second kappa shape index (κ2) is 8.14. The highest BCUT2D eigenvalue weighted by Crippen LogP contribution is 2.29. The van der Waals surface area contributed by atoms with Gasteiger partial charge in [-0.25, -0.2) is 8.78 Å². The summed E-state index contributed by atoms with van der Waals surface area (Å²) in [6.45, 7) is 6.13. The molecular formula is C21H25F2NO2. The Bertz CT molecular complexity index is 764. The number of nitrogens with zero attached hydrogens (tertiary/aromatic N) is 1. The number of hydrogen-bond donors (Lipinski definition) is 1. The Hall–Kier alpha value is -1.98. The van der Waals surface area contributed by atoms with Crippen LogP contribution in [0.15, 0.2) is 36.4 Å². The zero-order valence-electron chi connectivity index (χ0n) is 15.2. The third kappa shape index (κ3) is 4.40. The monoisotopic (exact) mass is 361 g/mol. The van der Waals surface area contributed by atoms with Crippen LogP contribution in [0.25, 0.3) is 0 Å². The number of aliphatic hydroxyl groups is 1. The molecule has 0 saturated heterocycles. The molecule has 0 spiro atoms. The second-order valence-electron chi connectivity index (χ2n) is 7.28. The molecule has 26 heavy (non-hydrogen) atoms. The largest absolute Gasteiger partial charge is 0.492 e. The van der Waals surface area contributed by atoms with E-state index in [4.69, 9.17) is 4.74 Å². The molecule has 1 N–H and O–H groups in total. The Balaban J connectivity index is 1.79. The molecule has 0 bridgehead atoms. The average molecular weight is 361 g/mol. The molecule has 1 heterocycles. The molecule has 5 heteroatoms. The summed E-state index contributed by atoms with van der Waals surface area (Å²) in [7, 11) is 0. The minimum absolute atomic E-state index is 0.311. The fraction of sp³-hybridized carbons (Fsp3) is 0.429. The van der Waals surface area contributed by atoms with Crippen LogP contribution >= 0.6 is 0 Å². The van der Waals surface area contributed by atoms with Gasteiger partial charge in [0.15, 0.2) is 11.6 Å². The Morgan fingerprint density at radius 1 is 1.19 bits per heavy atom. The van der Waals surface area contributed by atoms with Gasteiger partial charge in [0.25, 0.3) is 0 Å². The fourth-order valence-electron chi connectivity index (χ4n) is 3.30. The lowest BCUT2D eigenvalue weighted by Gasteiger charge is -2.20. The maximum absolute atomic E-state index is 14.0. The van der Waals surface area contributed by atoms with E-state index < -0.39 is 17.7 Å². The van der Waals surface area contributed by atoms with Gasteiger partial charge in [0, 0.05) is 30.8 Å². The van der Waals surface area contributed by atoms with Crippen molar-refractivity contribution in [2.45, 2.75) is 39.5 Å². The average Bonchev–Trinajstić information content (AvgIpc) is 2.79. The number of rotatable bonds is 5. The predicted octanol–water partition coefficient (Wildman–Crippen LogP) is 4.44. The first kappa shape index (κ1) is 18.8. The van der Waals surface area contributed by atoms with Gasteiger partial charge in [-0.15, -0.1) is 0 Å². The van der Waals surface area contributed by atoms with Crippen molar-refractivity contribution in [1.29, 1.82) is 0 Å². The van der Waals surface area contributed by atoms with E-state index in [1.807, 2.05) is 23.1 Å². The molecule has 1 aliphatic heterocycles. The van der Waals surface area contributed by atoms with E-state index in [9.17, 15) is 13.9 Å². The zero-order valence-corrected chi connectivity index (χ0v) is 15.2. The van der Waals surface area contributed by atoms with E-state index in [2.05, 4.69) is 13.8 Å². The van der Waals surface area contributed by atoms with Gasteiger partial charge in [0.1, 0.15) is 12.4 Å². The summed E-state index contributed by atoms with van der Waals surface area (Å²) in [4.78, 5) is 2.03. The topological polar surface area (TPSA) is 32.7 Å². The molecule has 3 nitrogen and oxygen atoms in total. The van der Waals surface area contributed by atoms with Crippen LogP contribution in [0.1, 0.15) is 43.1 Å². The fourth-order valence-corrected chi connectivity index (χ4v) is 3.30. The van der Waals surface area contributed by atoms with Gasteiger partial charge >= 0.3 is 0 Å². The van der Waals surface area contributed by atoms with Crippen molar-refractivity contribution in [3.63, 3.8) is 0 Å². The third-order valence-electron chi connectivity index (χ3n) is 4.65. The summed E-state index contributed by atoms with van der Waals surface area (Å²) >= 11 is 0. The molecule has 0 fully saturated rings. The highest BCUT2D eigenvalue weighted by Gasteiger charge is 2.20. The minimum atomic E-state index is -0.826. The van der Waals surface area contributed by atoms with E-state index in [-0.39, 0.29) is 0 Å². The Labute approximate surface area is 153 Å². The molecule has 0 aliphatic carbocycles. The van der Waals surface area contributed by atoms with Gasteiger partial charge < -0.3 is 9.84 Å². The molecule has 1 unspecified atom stereocenters. The molecule has 1 aliphatic rings. The molecule has 2 aromatic carbocycles. The van der Waals surface area contributed by atoms with Gasteiger partial charge in [-0.2, -0.15) is 0 Å². The van der Waals surface area contributed by atoms with Crippen molar-refractivity contribution in [1.82, 2.24) is 4.90 Å². The Morgan fingerprint density at radius 3 is 2.77 bits per heavy atom. The predicted molar refractivity (Wildman–Crippen MR) is 96.8 cm³/mol. The highest BCUT2D eigenvalue weighted by atomic mass is 19.2. The van der Waals surface area contributed by atoms with E-state index in [0.29, 0.717) is 44.1 Å². The maximum Gasteiger partial charge on any atom is 0.163 e. The maximum atomic E-state index is 14.0. The van der Waals surface area contributed by atoms with Crippen LogP contribution in [0.2, 0.25) is 0 Å². The van der Waals surface area contributed by atoms with Crippen molar-refractivity contribution in [3.8, 4) is 5.75 Å². The number of benzene rings is 2. The first-order valence-corrected chi connectivity index (χ1v) is 9.03. The summed E-state index contributed by atoms with van der Waals surface area (Å²) < 4.78 is 33.2. The van der Waals surface area contributed by atoms with Crippen LogP contribution in [-0.4, -0.2) is 23.2 Å². The van der Waals surface area contributed by atoms with Crippen molar-refractivity contribution in [3.05, 3.63) is 64.7 Å². The van der Waals surface area contributed by atoms with E-state index in [1.165, 1.54) is 6.07 Å². The SMILES string of the molecule is CC(C)CC(O)c1ccc2c(c1)CN(Cc1cccc(F)c1F)CCO2. The van der Waals surface area contributed by atoms with Crippen LogP contribution in [0, 0.1) is 17.6 Å². The number of ether oxygens (including phenoxy) is 1. The molecule has 2 aromatic rings. The normalized spacial score (nSPS) is 16.1. The van der Waals surface area contributed by atoms with Crippen molar-refractivity contribution < 1.29 is 18.6 Å². The molecule has 0 saturated carbocycles. The first-order valence-electron chi connectivity index (χ1n) is 9.03. The number of halogens is 2. The standard InChI is InChI=1S/C21H25F2NO2/c1-14(2)10-19(25)15-6-7-20-17(11-15)13-24(8-9-26-20)12-16-4-3-5-18(22)21(16)23/h3-7,11,14,19,25H,8-10,12-13H2,1-2H3. The minimum Gasteiger partial charge on any atom is -0.492 e. The summed E-state index contributed by atoms with van der Waals surface area (Å²) in [6, 6.07) is 10.0. The quantitative estimate of drug-likeness (QED) is 0.855. The summed E-state index contributed by atoms with van der Waals surface area (Å²) in [6.07, 6.45) is 0.176. The molecule has 3 rings (SSSR count). The van der Waals surface area contributed by atoms with Crippen molar-refractivity contribution in [2.75, 3.05) is 13.2 Å². The highest BCUT2D eigenvalue weighted by molar-refractivity contribution is 5.38. The number of hydrogen-bond acceptors (Lipinski definition) is 3. The van der Waals surface area contributed by atoms with Gasteiger partial charge in [-0.05, 0) is 36.1 Å². The Morgan fingerprint density at radius 2 is 2.00 bits per heavy atom. The van der Waals surface area contributed by atoms with E-state index in [1.54, 1.807) is 6.07 Å². The third-order valence-corrected chi connectivity index (χ3v) is 4.65.